The van der Waals surface area contributed by atoms with E-state index in [1.54, 1.807) is 13.4 Å². The minimum Gasteiger partial charge on any atom is -0.496 e. The Labute approximate surface area is 94.8 Å². The van der Waals surface area contributed by atoms with Gasteiger partial charge >= 0.3 is 0 Å². The van der Waals surface area contributed by atoms with Crippen LogP contribution in [0.2, 0.25) is 0 Å². The summed E-state index contributed by atoms with van der Waals surface area (Å²) in [5, 5.41) is 0. The van der Waals surface area contributed by atoms with Crippen molar-refractivity contribution in [2.24, 2.45) is 5.73 Å². The summed E-state index contributed by atoms with van der Waals surface area (Å²) in [6.45, 7) is 2.02. The standard InChI is InChI=1S/C13H15NO2/c1-9-5-6-10(12(8-9)15-2)13(14)11-4-3-7-16-11/h3-8,13H,14H2,1-2H3. The molecule has 0 aliphatic heterocycles. The van der Waals surface area contributed by atoms with Crippen LogP contribution in [0.5, 0.6) is 5.75 Å². The van der Waals surface area contributed by atoms with Crippen LogP contribution < -0.4 is 10.5 Å². The summed E-state index contributed by atoms with van der Waals surface area (Å²) >= 11 is 0. The second-order valence-corrected chi connectivity index (χ2v) is 3.74. The van der Waals surface area contributed by atoms with Gasteiger partial charge < -0.3 is 14.9 Å². The summed E-state index contributed by atoms with van der Waals surface area (Å²) in [4.78, 5) is 0. The maximum Gasteiger partial charge on any atom is 0.125 e. The molecular weight excluding hydrogens is 202 g/mol. The lowest BCUT2D eigenvalue weighted by Gasteiger charge is -2.14. The van der Waals surface area contributed by atoms with Crippen LogP contribution in [0.4, 0.5) is 0 Å². The molecule has 2 aromatic rings. The molecule has 0 radical (unpaired) electrons. The molecule has 0 aliphatic carbocycles. The third-order valence-corrected chi connectivity index (χ3v) is 2.57. The van der Waals surface area contributed by atoms with Gasteiger partial charge in [-0.3, -0.25) is 0 Å². The normalized spacial score (nSPS) is 12.4. The van der Waals surface area contributed by atoms with Gasteiger partial charge in [-0.05, 0) is 30.7 Å². The van der Waals surface area contributed by atoms with Crippen molar-refractivity contribution in [3.8, 4) is 5.75 Å². The molecule has 3 nitrogen and oxygen atoms in total. The highest BCUT2D eigenvalue weighted by Crippen LogP contribution is 2.29. The first-order valence-electron chi connectivity index (χ1n) is 5.16. The lowest BCUT2D eigenvalue weighted by atomic mass is 10.0. The van der Waals surface area contributed by atoms with E-state index in [-0.39, 0.29) is 6.04 Å². The number of methoxy groups -OCH3 is 1. The Morgan fingerprint density at radius 2 is 2.12 bits per heavy atom. The summed E-state index contributed by atoms with van der Waals surface area (Å²) < 4.78 is 10.6. The Balaban J connectivity index is 2.40. The van der Waals surface area contributed by atoms with E-state index in [2.05, 4.69) is 0 Å². The number of hydrogen-bond acceptors (Lipinski definition) is 3. The molecule has 84 valence electrons. The van der Waals surface area contributed by atoms with E-state index < -0.39 is 0 Å². The van der Waals surface area contributed by atoms with Crippen LogP contribution in [0.3, 0.4) is 0 Å². The van der Waals surface area contributed by atoms with Gasteiger partial charge in [-0.15, -0.1) is 0 Å². The third-order valence-electron chi connectivity index (χ3n) is 2.57. The van der Waals surface area contributed by atoms with Crippen LogP contribution in [0.1, 0.15) is 22.9 Å². The van der Waals surface area contributed by atoms with E-state index in [1.807, 2.05) is 37.3 Å². The van der Waals surface area contributed by atoms with Crippen molar-refractivity contribution in [3.63, 3.8) is 0 Å². The number of benzene rings is 1. The molecule has 1 atom stereocenters. The number of ether oxygens (including phenoxy) is 1. The van der Waals surface area contributed by atoms with E-state index in [9.17, 15) is 0 Å². The Bertz CT molecular complexity index is 463. The van der Waals surface area contributed by atoms with E-state index >= 15 is 0 Å². The van der Waals surface area contributed by atoms with Crippen molar-refractivity contribution in [1.29, 1.82) is 0 Å². The molecule has 0 spiro atoms. The van der Waals surface area contributed by atoms with Gasteiger partial charge in [-0.1, -0.05) is 12.1 Å². The number of hydrogen-bond donors (Lipinski definition) is 1. The second kappa shape index (κ2) is 4.41. The van der Waals surface area contributed by atoms with E-state index in [0.29, 0.717) is 0 Å². The van der Waals surface area contributed by atoms with Crippen LogP contribution in [-0.2, 0) is 0 Å². The van der Waals surface area contributed by atoms with Crippen molar-refractivity contribution in [2.45, 2.75) is 13.0 Å². The minimum absolute atomic E-state index is 0.287. The zero-order valence-electron chi connectivity index (χ0n) is 9.44. The van der Waals surface area contributed by atoms with E-state index in [4.69, 9.17) is 14.9 Å². The quantitative estimate of drug-likeness (QED) is 0.859. The van der Waals surface area contributed by atoms with Gasteiger partial charge in [0, 0.05) is 5.56 Å². The molecule has 1 aromatic heterocycles. The fourth-order valence-electron chi connectivity index (χ4n) is 1.70. The number of nitrogens with two attached hydrogens (primary N) is 1. The topological polar surface area (TPSA) is 48.4 Å². The molecule has 0 amide bonds. The maximum absolute atomic E-state index is 6.11. The van der Waals surface area contributed by atoms with Gasteiger partial charge in [0.2, 0.25) is 0 Å². The Hall–Kier alpha value is -1.74. The summed E-state index contributed by atoms with van der Waals surface area (Å²) in [6.07, 6.45) is 1.62. The lowest BCUT2D eigenvalue weighted by molar-refractivity contribution is 0.402. The maximum atomic E-state index is 6.11. The molecule has 3 heteroatoms. The van der Waals surface area contributed by atoms with Crippen LogP contribution in [0.25, 0.3) is 0 Å². The number of rotatable bonds is 3. The Kier molecular flexibility index (Phi) is 2.97. The molecule has 1 unspecified atom stereocenters. The fourth-order valence-corrected chi connectivity index (χ4v) is 1.70. The lowest BCUT2D eigenvalue weighted by Crippen LogP contribution is -2.12. The number of aryl methyl sites for hydroxylation is 1. The van der Waals surface area contributed by atoms with Crippen molar-refractivity contribution < 1.29 is 9.15 Å². The fraction of sp³-hybridized carbons (Fsp3) is 0.231. The minimum atomic E-state index is -0.287. The summed E-state index contributed by atoms with van der Waals surface area (Å²) in [7, 11) is 1.65. The molecule has 0 aliphatic rings. The first kappa shape index (κ1) is 10.8. The van der Waals surface area contributed by atoms with E-state index in [0.717, 1.165) is 22.6 Å². The highest BCUT2D eigenvalue weighted by Gasteiger charge is 2.16. The zero-order valence-corrected chi connectivity index (χ0v) is 9.44. The average molecular weight is 217 g/mol. The molecule has 1 aromatic carbocycles. The molecule has 16 heavy (non-hydrogen) atoms. The van der Waals surface area contributed by atoms with Crippen molar-refractivity contribution >= 4 is 0 Å². The van der Waals surface area contributed by atoms with Crippen molar-refractivity contribution in [2.75, 3.05) is 7.11 Å². The van der Waals surface area contributed by atoms with Crippen LogP contribution >= 0.6 is 0 Å². The first-order chi connectivity index (χ1) is 7.72. The predicted octanol–water partition coefficient (Wildman–Crippen LogP) is 2.64. The SMILES string of the molecule is COc1cc(C)ccc1C(N)c1ccco1. The highest BCUT2D eigenvalue weighted by molar-refractivity contribution is 5.41. The van der Waals surface area contributed by atoms with Gasteiger partial charge in [0.05, 0.1) is 19.4 Å². The molecule has 0 saturated carbocycles. The third kappa shape index (κ3) is 1.95. The van der Waals surface area contributed by atoms with Crippen LogP contribution in [0, 0.1) is 6.92 Å². The summed E-state index contributed by atoms with van der Waals surface area (Å²) in [6, 6.07) is 9.37. The van der Waals surface area contributed by atoms with Gasteiger partial charge in [0.15, 0.2) is 0 Å². The van der Waals surface area contributed by atoms with Gasteiger partial charge in [0.1, 0.15) is 11.5 Å². The Morgan fingerprint density at radius 1 is 1.31 bits per heavy atom. The van der Waals surface area contributed by atoms with Gasteiger partial charge in [0.25, 0.3) is 0 Å². The smallest absolute Gasteiger partial charge is 0.125 e. The average Bonchev–Trinajstić information content (AvgIpc) is 2.81. The highest BCUT2D eigenvalue weighted by atomic mass is 16.5. The molecule has 0 bridgehead atoms. The largest absolute Gasteiger partial charge is 0.496 e. The van der Waals surface area contributed by atoms with Crippen molar-refractivity contribution in [3.05, 3.63) is 53.5 Å². The zero-order chi connectivity index (χ0) is 11.5. The monoisotopic (exact) mass is 217 g/mol. The molecule has 0 saturated heterocycles. The molecule has 2 N–H and O–H groups in total. The predicted molar refractivity (Wildman–Crippen MR) is 62.5 cm³/mol. The van der Waals surface area contributed by atoms with E-state index in [1.165, 1.54) is 0 Å². The van der Waals surface area contributed by atoms with Gasteiger partial charge in [-0.25, -0.2) is 0 Å². The molecule has 2 rings (SSSR count). The second-order valence-electron chi connectivity index (χ2n) is 3.74. The van der Waals surface area contributed by atoms with Crippen LogP contribution in [-0.4, -0.2) is 7.11 Å². The van der Waals surface area contributed by atoms with Gasteiger partial charge in [-0.2, -0.15) is 0 Å². The molecule has 1 heterocycles. The first-order valence-corrected chi connectivity index (χ1v) is 5.16. The molecular formula is C13H15NO2. The number of furan rings is 1. The van der Waals surface area contributed by atoms with Crippen LogP contribution in [0.15, 0.2) is 41.0 Å². The summed E-state index contributed by atoms with van der Waals surface area (Å²) in [5.74, 6) is 1.53. The van der Waals surface area contributed by atoms with Crippen molar-refractivity contribution in [1.82, 2.24) is 0 Å². The summed E-state index contributed by atoms with van der Waals surface area (Å²) in [5.41, 5.74) is 8.19. The Morgan fingerprint density at radius 3 is 2.75 bits per heavy atom. The molecule has 0 fully saturated rings.